The minimum absolute atomic E-state index is 0.151. The third-order valence-electron chi connectivity index (χ3n) is 3.74. The second-order valence-electron chi connectivity index (χ2n) is 5.38. The van der Waals surface area contributed by atoms with Gasteiger partial charge in [0.2, 0.25) is 0 Å². The lowest BCUT2D eigenvalue weighted by atomic mass is 9.98. The average Bonchev–Trinajstić information content (AvgIpc) is 2.58. The number of methoxy groups -OCH3 is 1. The molecule has 0 aliphatic carbocycles. The molecule has 2 aromatic carbocycles. The molecule has 0 saturated carbocycles. The molecule has 5 heteroatoms. The van der Waals surface area contributed by atoms with Crippen molar-refractivity contribution >= 4 is 22.6 Å². The summed E-state index contributed by atoms with van der Waals surface area (Å²) in [5.74, 6) is -1.25. The summed E-state index contributed by atoms with van der Waals surface area (Å²) in [5.41, 5.74) is 0.460. The summed E-state index contributed by atoms with van der Waals surface area (Å²) >= 11 is 0. The maximum absolute atomic E-state index is 12.4. The van der Waals surface area contributed by atoms with Gasteiger partial charge in [-0.25, -0.2) is 4.79 Å². The molecule has 0 radical (unpaired) electrons. The molecule has 118 valence electrons. The maximum Gasteiger partial charge on any atom is 0.328 e. The van der Waals surface area contributed by atoms with Crippen LogP contribution in [0.2, 0.25) is 0 Å². The van der Waals surface area contributed by atoms with Crippen molar-refractivity contribution in [3.8, 4) is 6.07 Å². The first-order valence-electron chi connectivity index (χ1n) is 7.31. The second-order valence-corrected chi connectivity index (χ2v) is 5.38. The van der Waals surface area contributed by atoms with Crippen molar-refractivity contribution < 1.29 is 14.3 Å². The van der Waals surface area contributed by atoms with Gasteiger partial charge in [0.05, 0.1) is 13.2 Å². The summed E-state index contributed by atoms with van der Waals surface area (Å²) in [4.78, 5) is 24.3. The smallest absolute Gasteiger partial charge is 0.328 e. The number of carbonyl (C=O) groups excluding carboxylic acids is 2. The number of benzene rings is 2. The zero-order valence-corrected chi connectivity index (χ0v) is 13.1. The molecular weight excluding hydrogens is 292 g/mol. The number of fused-ring (bicyclic) bond motifs is 1. The average molecular weight is 310 g/mol. The van der Waals surface area contributed by atoms with Crippen LogP contribution < -0.4 is 5.32 Å². The van der Waals surface area contributed by atoms with E-state index in [1.54, 1.807) is 19.1 Å². The molecule has 0 unspecified atom stereocenters. The summed E-state index contributed by atoms with van der Waals surface area (Å²) < 4.78 is 4.72. The van der Waals surface area contributed by atoms with Crippen LogP contribution in [-0.2, 0) is 9.53 Å². The van der Waals surface area contributed by atoms with Gasteiger partial charge < -0.3 is 10.1 Å². The fourth-order valence-corrected chi connectivity index (χ4v) is 2.38. The van der Waals surface area contributed by atoms with Gasteiger partial charge in [0.15, 0.2) is 0 Å². The molecule has 5 nitrogen and oxygen atoms in total. The van der Waals surface area contributed by atoms with Gasteiger partial charge in [-0.15, -0.1) is 0 Å². The number of rotatable bonds is 5. The van der Waals surface area contributed by atoms with Crippen LogP contribution in [0.3, 0.4) is 0 Å². The topological polar surface area (TPSA) is 79.2 Å². The van der Waals surface area contributed by atoms with Crippen LogP contribution in [0.1, 0.15) is 23.7 Å². The normalized spacial score (nSPS) is 12.9. The Labute approximate surface area is 134 Å². The molecule has 0 aliphatic heterocycles. The molecule has 23 heavy (non-hydrogen) atoms. The van der Waals surface area contributed by atoms with Crippen LogP contribution >= 0.6 is 0 Å². The van der Waals surface area contributed by atoms with E-state index in [2.05, 4.69) is 5.32 Å². The van der Waals surface area contributed by atoms with E-state index >= 15 is 0 Å². The monoisotopic (exact) mass is 310 g/mol. The maximum atomic E-state index is 12.4. The Hall–Kier alpha value is -2.87. The molecule has 0 aromatic heterocycles. The number of nitrogens with one attached hydrogen (secondary N) is 1. The molecule has 1 N–H and O–H groups in total. The quantitative estimate of drug-likeness (QED) is 0.861. The van der Waals surface area contributed by atoms with Crippen molar-refractivity contribution in [2.45, 2.75) is 19.4 Å². The summed E-state index contributed by atoms with van der Waals surface area (Å²) in [7, 11) is 1.26. The van der Waals surface area contributed by atoms with Crippen molar-refractivity contribution in [2.24, 2.45) is 5.92 Å². The van der Waals surface area contributed by atoms with Crippen LogP contribution in [-0.4, -0.2) is 25.0 Å². The van der Waals surface area contributed by atoms with Gasteiger partial charge >= 0.3 is 5.97 Å². The van der Waals surface area contributed by atoms with Gasteiger partial charge in [0.25, 0.3) is 5.91 Å². The third-order valence-corrected chi connectivity index (χ3v) is 3.74. The Morgan fingerprint density at radius 2 is 1.91 bits per heavy atom. The van der Waals surface area contributed by atoms with E-state index in [1.807, 2.05) is 36.4 Å². The molecule has 0 bridgehead atoms. The Morgan fingerprint density at radius 1 is 1.22 bits per heavy atom. The lowest BCUT2D eigenvalue weighted by molar-refractivity contribution is -0.144. The minimum Gasteiger partial charge on any atom is -0.467 e. The highest BCUT2D eigenvalue weighted by Gasteiger charge is 2.28. The van der Waals surface area contributed by atoms with Crippen molar-refractivity contribution in [3.05, 3.63) is 48.0 Å². The Bertz CT molecular complexity index is 764. The summed E-state index contributed by atoms with van der Waals surface area (Å²) in [6, 6.07) is 14.2. The van der Waals surface area contributed by atoms with Crippen molar-refractivity contribution in [3.63, 3.8) is 0 Å². The summed E-state index contributed by atoms with van der Waals surface area (Å²) in [6.07, 6.45) is 0.151. The fraction of sp³-hybridized carbons (Fsp3) is 0.278. The van der Waals surface area contributed by atoms with Gasteiger partial charge in [-0.05, 0) is 22.9 Å². The zero-order chi connectivity index (χ0) is 16.8. The number of ether oxygens (including phenoxy) is 1. The van der Waals surface area contributed by atoms with E-state index in [0.717, 1.165) is 10.8 Å². The standard InChI is InChI=1S/C18H18N2O3/c1-12(9-10-19)16(18(22)23-2)20-17(21)15-8-7-13-5-3-4-6-14(13)11-15/h3-8,11-12,16H,9H2,1-2H3,(H,20,21)/t12-,16-/m0/s1. The number of amides is 1. The molecule has 2 rings (SSSR count). The number of hydrogen-bond donors (Lipinski definition) is 1. The third kappa shape index (κ3) is 3.86. The van der Waals surface area contributed by atoms with Crippen molar-refractivity contribution in [1.29, 1.82) is 5.26 Å². The highest BCUT2D eigenvalue weighted by Crippen LogP contribution is 2.16. The predicted molar refractivity (Wildman–Crippen MR) is 86.6 cm³/mol. The molecular formula is C18H18N2O3. The number of nitriles is 1. The van der Waals surface area contributed by atoms with Gasteiger partial charge in [0.1, 0.15) is 6.04 Å². The highest BCUT2D eigenvalue weighted by molar-refractivity contribution is 6.00. The lowest BCUT2D eigenvalue weighted by Crippen LogP contribution is -2.45. The first-order valence-corrected chi connectivity index (χ1v) is 7.31. The van der Waals surface area contributed by atoms with E-state index in [9.17, 15) is 9.59 Å². The molecule has 0 saturated heterocycles. The second kappa shape index (κ2) is 7.41. The highest BCUT2D eigenvalue weighted by atomic mass is 16.5. The van der Waals surface area contributed by atoms with Gasteiger partial charge in [-0.1, -0.05) is 37.3 Å². The van der Waals surface area contributed by atoms with Gasteiger partial charge in [-0.3, -0.25) is 4.79 Å². The number of carbonyl (C=O) groups is 2. The van der Waals surface area contributed by atoms with E-state index in [-0.39, 0.29) is 18.2 Å². The summed E-state index contributed by atoms with van der Waals surface area (Å²) in [5, 5.41) is 13.4. The largest absolute Gasteiger partial charge is 0.467 e. The first-order chi connectivity index (χ1) is 11.1. The molecule has 2 atom stereocenters. The lowest BCUT2D eigenvalue weighted by Gasteiger charge is -2.21. The van der Waals surface area contributed by atoms with Gasteiger partial charge in [-0.2, -0.15) is 5.26 Å². The van der Waals surface area contributed by atoms with E-state index in [4.69, 9.17) is 10.00 Å². The van der Waals surface area contributed by atoms with Crippen LogP contribution in [0.5, 0.6) is 0 Å². The first kappa shape index (κ1) is 16.5. The minimum atomic E-state index is -0.848. The Morgan fingerprint density at radius 3 is 2.57 bits per heavy atom. The molecule has 2 aromatic rings. The number of hydrogen-bond acceptors (Lipinski definition) is 4. The predicted octanol–water partition coefficient (Wildman–Crippen LogP) is 2.66. The van der Waals surface area contributed by atoms with E-state index < -0.39 is 12.0 Å². The van der Waals surface area contributed by atoms with Gasteiger partial charge in [0, 0.05) is 17.9 Å². The van der Waals surface area contributed by atoms with E-state index in [0.29, 0.717) is 5.56 Å². The Kier molecular flexibility index (Phi) is 5.32. The van der Waals surface area contributed by atoms with Crippen molar-refractivity contribution in [1.82, 2.24) is 5.32 Å². The summed E-state index contributed by atoms with van der Waals surface area (Å²) in [6.45, 7) is 1.73. The van der Waals surface area contributed by atoms with Crippen LogP contribution in [0.25, 0.3) is 10.8 Å². The molecule has 0 heterocycles. The molecule has 0 aliphatic rings. The fourth-order valence-electron chi connectivity index (χ4n) is 2.38. The van der Waals surface area contributed by atoms with Crippen LogP contribution in [0.4, 0.5) is 0 Å². The number of nitrogens with zero attached hydrogens (tertiary/aromatic N) is 1. The molecule has 0 spiro atoms. The SMILES string of the molecule is COC(=O)[C@@H](NC(=O)c1ccc2ccccc2c1)[C@@H](C)CC#N. The van der Waals surface area contributed by atoms with Crippen LogP contribution in [0.15, 0.2) is 42.5 Å². The Balaban J connectivity index is 2.22. The van der Waals surface area contributed by atoms with Crippen molar-refractivity contribution in [2.75, 3.05) is 7.11 Å². The zero-order valence-electron chi connectivity index (χ0n) is 13.1. The number of esters is 1. The van der Waals surface area contributed by atoms with Crippen LogP contribution in [0, 0.1) is 17.2 Å². The van der Waals surface area contributed by atoms with E-state index in [1.165, 1.54) is 7.11 Å². The molecule has 0 fully saturated rings. The molecule has 1 amide bonds.